The number of nitrogens with one attached hydrogen (secondary N) is 1. The second-order valence-electron chi connectivity index (χ2n) is 7.54. The van der Waals surface area contributed by atoms with Crippen LogP contribution >= 0.6 is 0 Å². The molecule has 2 aliphatic rings. The van der Waals surface area contributed by atoms with E-state index in [9.17, 15) is 9.59 Å². The first-order valence-electron chi connectivity index (χ1n) is 9.19. The normalized spacial score (nSPS) is 27.6. The number of anilines is 1. The van der Waals surface area contributed by atoms with E-state index in [1.807, 2.05) is 26.0 Å². The van der Waals surface area contributed by atoms with Crippen LogP contribution in [-0.2, 0) is 18.9 Å². The maximum absolute atomic E-state index is 11.7. The van der Waals surface area contributed by atoms with Crippen LogP contribution < -0.4 is 10.1 Å². The molecule has 0 radical (unpaired) electrons. The lowest BCUT2D eigenvalue weighted by molar-refractivity contribution is -0.282. The summed E-state index contributed by atoms with van der Waals surface area (Å²) < 4.78 is 28.1. The number of aromatic nitrogens is 1. The van der Waals surface area contributed by atoms with Crippen molar-refractivity contribution in [2.24, 2.45) is 0 Å². The van der Waals surface area contributed by atoms with Crippen molar-refractivity contribution in [3.05, 3.63) is 30.5 Å². The molecule has 10 heteroatoms. The van der Waals surface area contributed by atoms with Crippen LogP contribution in [0.2, 0.25) is 0 Å². The van der Waals surface area contributed by atoms with E-state index >= 15 is 0 Å². The van der Waals surface area contributed by atoms with E-state index in [1.165, 1.54) is 15.0 Å². The molecule has 2 aromatic rings. The molecule has 2 fully saturated rings. The van der Waals surface area contributed by atoms with E-state index in [4.69, 9.17) is 23.7 Å². The van der Waals surface area contributed by atoms with Crippen LogP contribution in [0.3, 0.4) is 0 Å². The number of hydrogen-bond donors (Lipinski definition) is 1. The third kappa shape index (κ3) is 3.73. The third-order valence-corrected chi connectivity index (χ3v) is 4.94. The summed E-state index contributed by atoms with van der Waals surface area (Å²) in [5.74, 6) is 0.330. The second-order valence-corrected chi connectivity index (χ2v) is 7.54. The molecule has 29 heavy (non-hydrogen) atoms. The zero-order chi connectivity index (χ0) is 20.8. The first kappa shape index (κ1) is 19.5. The van der Waals surface area contributed by atoms with Crippen molar-refractivity contribution in [2.45, 2.75) is 44.1 Å². The monoisotopic (exact) mass is 400 g/mol. The van der Waals surface area contributed by atoms with E-state index in [2.05, 4.69) is 10.3 Å². The quantitative estimate of drug-likeness (QED) is 0.612. The lowest BCUT2D eigenvalue weighted by atomic mass is 9.89. The Bertz CT molecular complexity index is 967. The molecule has 4 atom stereocenters. The number of pyridine rings is 1. The number of rotatable bonds is 4. The fourth-order valence-electron chi connectivity index (χ4n) is 3.75. The van der Waals surface area contributed by atoms with Crippen LogP contribution in [0.25, 0.3) is 10.9 Å². The molecule has 1 aromatic carbocycles. The van der Waals surface area contributed by atoms with Crippen LogP contribution in [0, 0.1) is 0 Å². The zero-order valence-corrected chi connectivity index (χ0v) is 16.5. The van der Waals surface area contributed by atoms with Crippen LogP contribution in [0.4, 0.5) is 15.3 Å². The van der Waals surface area contributed by atoms with E-state index in [0.29, 0.717) is 17.0 Å². The number of methoxy groups -OCH3 is 1. The molecular weight excluding hydrogens is 379 g/mol. The van der Waals surface area contributed by atoms with Gasteiger partial charge in [-0.15, -0.1) is 0 Å². The number of ether oxygens (including phenoxy) is 5. The van der Waals surface area contributed by atoms with Gasteiger partial charge < -0.3 is 29.0 Å². The van der Waals surface area contributed by atoms with Crippen molar-refractivity contribution >= 4 is 36.4 Å². The predicted molar refractivity (Wildman–Crippen MR) is 105 cm³/mol. The van der Waals surface area contributed by atoms with Crippen molar-refractivity contribution in [3.63, 3.8) is 0 Å². The number of hydrogen-bond acceptors (Lipinski definition) is 8. The van der Waals surface area contributed by atoms with Gasteiger partial charge in [0, 0.05) is 18.6 Å². The lowest BCUT2D eigenvalue weighted by Crippen LogP contribution is -2.62. The largest absolute Gasteiger partial charge is 0.509 e. The highest BCUT2D eigenvalue weighted by atomic mass is 16.8. The predicted octanol–water partition coefficient (Wildman–Crippen LogP) is 1.83. The Balaban J connectivity index is 1.58. The fraction of sp³-hybridized carbons (Fsp3) is 0.421. The van der Waals surface area contributed by atoms with Crippen molar-refractivity contribution in [1.29, 1.82) is 0 Å². The summed E-state index contributed by atoms with van der Waals surface area (Å²) in [5, 5.41) is 3.53. The van der Waals surface area contributed by atoms with Gasteiger partial charge in [0.15, 0.2) is 11.9 Å². The standard InChI is InChI=1S/C19H21BN2O7/c1-19(2)15(25-3)13-14(28-18(24)27-13)16(29-19)26-11-5-4-9-6-10(22-17(20)23)8-21-12(9)7-11/h4-8,13-16H,20H2,1-3H3,(H,22,23)/t13-,14+,15+,16+/m0/s1. The summed E-state index contributed by atoms with van der Waals surface area (Å²) in [7, 11) is 2.97. The Morgan fingerprint density at radius 1 is 1.24 bits per heavy atom. The van der Waals surface area contributed by atoms with Crippen molar-refractivity contribution < 1.29 is 33.3 Å². The van der Waals surface area contributed by atoms with E-state index in [1.54, 1.807) is 18.3 Å². The SMILES string of the molecule is BC(=O)Nc1cnc2cc(O[C@@H]3OC(C)(C)[C@H](OC)[C@H]4OC(=O)O[C@@H]34)ccc2c1. The van der Waals surface area contributed by atoms with Crippen molar-refractivity contribution in [1.82, 2.24) is 4.98 Å². The van der Waals surface area contributed by atoms with Gasteiger partial charge in [0.05, 0.1) is 23.0 Å². The van der Waals surface area contributed by atoms with Gasteiger partial charge in [-0.2, -0.15) is 0 Å². The highest BCUT2D eigenvalue weighted by Gasteiger charge is 2.58. The minimum absolute atomic E-state index is 0.166. The minimum Gasteiger partial charge on any atom is -0.461 e. The average molecular weight is 400 g/mol. The highest BCUT2D eigenvalue weighted by Crippen LogP contribution is 2.38. The number of fused-ring (bicyclic) bond motifs is 2. The Hall–Kier alpha value is -2.85. The lowest BCUT2D eigenvalue weighted by Gasteiger charge is -2.45. The topological polar surface area (TPSA) is 105 Å². The molecule has 1 amide bonds. The second kappa shape index (κ2) is 7.20. The van der Waals surface area contributed by atoms with Gasteiger partial charge >= 0.3 is 6.16 Å². The maximum atomic E-state index is 11.7. The first-order chi connectivity index (χ1) is 13.8. The van der Waals surface area contributed by atoms with Crippen molar-refractivity contribution in [2.75, 3.05) is 12.4 Å². The van der Waals surface area contributed by atoms with Gasteiger partial charge in [-0.25, -0.2) is 4.79 Å². The van der Waals surface area contributed by atoms with Gasteiger partial charge in [-0.3, -0.25) is 9.78 Å². The molecule has 2 aliphatic heterocycles. The number of benzene rings is 1. The van der Waals surface area contributed by atoms with E-state index < -0.39 is 36.4 Å². The third-order valence-electron chi connectivity index (χ3n) is 4.94. The molecule has 9 nitrogen and oxygen atoms in total. The molecule has 0 unspecified atom stereocenters. The number of nitrogens with zero attached hydrogens (tertiary/aromatic N) is 1. The summed E-state index contributed by atoms with van der Waals surface area (Å²) in [6.45, 7) is 3.68. The molecule has 0 saturated carbocycles. The fourth-order valence-corrected chi connectivity index (χ4v) is 3.75. The van der Waals surface area contributed by atoms with Gasteiger partial charge in [0.1, 0.15) is 11.9 Å². The van der Waals surface area contributed by atoms with Crippen LogP contribution in [0.1, 0.15) is 13.8 Å². The molecule has 0 bridgehead atoms. The molecule has 152 valence electrons. The molecule has 0 spiro atoms. The maximum Gasteiger partial charge on any atom is 0.509 e. The number of amides is 1. The van der Waals surface area contributed by atoms with Crippen LogP contribution in [-0.4, -0.2) is 62.1 Å². The summed E-state index contributed by atoms with van der Waals surface area (Å²) in [5.41, 5.74) is 0.522. The van der Waals surface area contributed by atoms with Gasteiger partial charge in [-0.05, 0) is 32.0 Å². The number of carbonyl (C=O) groups is 2. The minimum atomic E-state index is -0.871. The summed E-state index contributed by atoms with van der Waals surface area (Å²) in [6, 6.07) is 7.15. The Kier molecular flexibility index (Phi) is 4.83. The van der Waals surface area contributed by atoms with E-state index in [-0.39, 0.29) is 5.81 Å². The Morgan fingerprint density at radius 3 is 2.72 bits per heavy atom. The molecule has 3 heterocycles. The Morgan fingerprint density at radius 2 is 2.00 bits per heavy atom. The first-order valence-corrected chi connectivity index (χ1v) is 9.19. The van der Waals surface area contributed by atoms with Gasteiger partial charge in [0.2, 0.25) is 20.2 Å². The zero-order valence-electron chi connectivity index (χ0n) is 16.5. The summed E-state index contributed by atoms with van der Waals surface area (Å²) in [4.78, 5) is 27.3. The highest BCUT2D eigenvalue weighted by molar-refractivity contribution is 6.60. The molecule has 1 N–H and O–H groups in total. The van der Waals surface area contributed by atoms with Gasteiger partial charge in [-0.1, -0.05) is 0 Å². The molecule has 2 saturated heterocycles. The number of carbonyl (C=O) groups excluding carboxylic acids is 2. The van der Waals surface area contributed by atoms with Gasteiger partial charge in [0.25, 0.3) is 0 Å². The van der Waals surface area contributed by atoms with Crippen molar-refractivity contribution in [3.8, 4) is 5.75 Å². The van der Waals surface area contributed by atoms with E-state index in [0.717, 1.165) is 5.39 Å². The molecular formula is C19H21BN2O7. The van der Waals surface area contributed by atoms with Crippen LogP contribution in [0.5, 0.6) is 5.75 Å². The average Bonchev–Trinajstić information content (AvgIpc) is 3.02. The Labute approximate surface area is 168 Å². The molecule has 0 aliphatic carbocycles. The summed E-state index contributed by atoms with van der Waals surface area (Å²) in [6.07, 6.45) is -1.97. The summed E-state index contributed by atoms with van der Waals surface area (Å²) >= 11 is 0. The molecule has 1 aromatic heterocycles. The smallest absolute Gasteiger partial charge is 0.461 e. The molecule has 4 rings (SSSR count). The van der Waals surface area contributed by atoms with Crippen LogP contribution in [0.15, 0.2) is 30.5 Å².